The molecule has 1 aliphatic rings. The first-order chi connectivity index (χ1) is 6.09. The van der Waals surface area contributed by atoms with Crippen LogP contribution in [0.25, 0.3) is 0 Å². The molecule has 1 aromatic carbocycles. The van der Waals surface area contributed by atoms with E-state index in [-0.39, 0.29) is 11.1 Å². The average Bonchev–Trinajstić information content (AvgIpc) is 2.31. The predicted molar refractivity (Wildman–Crippen MR) is 46.6 cm³/mol. The van der Waals surface area contributed by atoms with Crippen molar-refractivity contribution in [3.8, 4) is 0 Å². The number of esters is 2. The Labute approximate surface area is 82.1 Å². The summed E-state index contributed by atoms with van der Waals surface area (Å²) in [7, 11) is 3.20. The van der Waals surface area contributed by atoms with Crippen LogP contribution in [0.3, 0.4) is 0 Å². The number of fused-ring (bicyclic) bond motifs is 1. The molecule has 0 aliphatic carbocycles. The van der Waals surface area contributed by atoms with Crippen LogP contribution in [0.1, 0.15) is 20.7 Å². The molecular weight excluding hydrogens is 208 g/mol. The van der Waals surface area contributed by atoms with Gasteiger partial charge in [-0.05, 0) is 17.3 Å². The van der Waals surface area contributed by atoms with Crippen molar-refractivity contribution >= 4 is 39.0 Å². The first-order valence-electron chi connectivity index (χ1n) is 3.41. The van der Waals surface area contributed by atoms with Crippen molar-refractivity contribution in [2.24, 2.45) is 0 Å². The van der Waals surface area contributed by atoms with Gasteiger partial charge in [0.15, 0.2) is 0 Å². The second-order valence-electron chi connectivity index (χ2n) is 2.55. The molecule has 63 valence electrons. The number of hydrogen-bond acceptors (Lipinski definition) is 3. The van der Waals surface area contributed by atoms with Crippen LogP contribution in [0.4, 0.5) is 0 Å². The monoisotopic (exact) mass is 209 g/mol. The highest BCUT2D eigenvalue weighted by Crippen LogP contribution is 2.21. The van der Waals surface area contributed by atoms with E-state index in [1.165, 1.54) is 12.1 Å². The summed E-state index contributed by atoms with van der Waals surface area (Å²) in [4.78, 5) is 22.1. The maximum atomic E-state index is 11.0. The van der Waals surface area contributed by atoms with Gasteiger partial charge >= 0.3 is 11.9 Å². The van der Waals surface area contributed by atoms with E-state index in [2.05, 4.69) is 15.0 Å². The maximum absolute atomic E-state index is 11.0. The van der Waals surface area contributed by atoms with Crippen molar-refractivity contribution in [3.05, 3.63) is 28.3 Å². The maximum Gasteiger partial charge on any atom is 0.346 e. The number of rotatable bonds is 0. The fourth-order valence-corrected chi connectivity index (χ4v) is 1.49. The molecule has 0 saturated carbocycles. The summed E-state index contributed by atoms with van der Waals surface area (Å²) >= 11 is 5.74. The molecule has 0 saturated heterocycles. The van der Waals surface area contributed by atoms with E-state index in [9.17, 15) is 9.59 Å². The summed E-state index contributed by atoms with van der Waals surface area (Å²) in [6.45, 7) is 0. The van der Waals surface area contributed by atoms with Gasteiger partial charge in [-0.15, -0.1) is 0 Å². The van der Waals surface area contributed by atoms with Crippen LogP contribution in [0, 0.1) is 0 Å². The second kappa shape index (κ2) is 2.68. The molecule has 0 N–H and O–H groups in total. The minimum atomic E-state index is -0.645. The number of cyclic esters (lactones) is 2. The lowest BCUT2D eigenvalue weighted by atomic mass is 10.1. The molecule has 5 heteroatoms. The summed E-state index contributed by atoms with van der Waals surface area (Å²) in [5.74, 6) is -1.27. The summed E-state index contributed by atoms with van der Waals surface area (Å²) in [6.07, 6.45) is 0. The average molecular weight is 210 g/mol. The van der Waals surface area contributed by atoms with E-state index in [1.807, 2.05) is 0 Å². The summed E-state index contributed by atoms with van der Waals surface area (Å²) < 4.78 is 4.38. The summed E-state index contributed by atoms with van der Waals surface area (Å²) in [6, 6.07) is 2.88. The molecule has 1 aliphatic heterocycles. The second-order valence-corrected chi connectivity index (χ2v) is 3.50. The van der Waals surface area contributed by atoms with Crippen LogP contribution in [-0.2, 0) is 4.74 Å². The van der Waals surface area contributed by atoms with Crippen LogP contribution in [0.5, 0.6) is 0 Å². The van der Waals surface area contributed by atoms with Gasteiger partial charge in [0.2, 0.25) is 0 Å². The van der Waals surface area contributed by atoms with Crippen molar-refractivity contribution < 1.29 is 14.3 Å². The van der Waals surface area contributed by atoms with Gasteiger partial charge in [-0.2, -0.15) is 0 Å². The first kappa shape index (κ1) is 8.46. The Bertz CT molecular complexity index is 389. The highest BCUT2D eigenvalue weighted by atomic mass is 35.5. The molecule has 0 fully saturated rings. The van der Waals surface area contributed by atoms with E-state index in [0.717, 1.165) is 0 Å². The smallest absolute Gasteiger partial charge is 0.346 e. The van der Waals surface area contributed by atoms with Gasteiger partial charge in [-0.3, -0.25) is 0 Å². The number of carbonyl (C=O) groups excluding carboxylic acids is 2. The Hall–Kier alpha value is -1.13. The Morgan fingerprint density at radius 3 is 2.31 bits per heavy atom. The van der Waals surface area contributed by atoms with Crippen LogP contribution >= 0.6 is 11.6 Å². The Balaban J connectivity index is 2.72. The van der Waals surface area contributed by atoms with E-state index in [0.29, 0.717) is 10.2 Å². The number of halogens is 1. The van der Waals surface area contributed by atoms with E-state index in [4.69, 9.17) is 11.6 Å². The molecule has 0 spiro atoms. The highest BCUT2D eigenvalue weighted by molar-refractivity contribution is 6.45. The molecular formula is C8H2ClO3Si. The fraction of sp³-hybridized carbons (Fsp3) is 0. The number of ether oxygens (including phenoxy) is 1. The summed E-state index contributed by atoms with van der Waals surface area (Å²) in [5.41, 5.74) is 0.469. The molecule has 0 atom stereocenters. The minimum Gasteiger partial charge on any atom is -0.386 e. The number of carbonyl (C=O) groups is 2. The largest absolute Gasteiger partial charge is 0.386 e. The van der Waals surface area contributed by atoms with Crippen LogP contribution < -0.4 is 5.19 Å². The lowest BCUT2D eigenvalue weighted by Gasteiger charge is -1.97. The molecule has 3 radical (unpaired) electrons. The van der Waals surface area contributed by atoms with Crippen LogP contribution in [0.15, 0.2) is 12.1 Å². The quantitative estimate of drug-likeness (QED) is 0.354. The zero-order chi connectivity index (χ0) is 9.59. The zero-order valence-electron chi connectivity index (χ0n) is 6.26. The van der Waals surface area contributed by atoms with Crippen molar-refractivity contribution in [1.82, 2.24) is 0 Å². The Morgan fingerprint density at radius 1 is 1.15 bits per heavy atom. The number of hydrogen-bond donors (Lipinski definition) is 0. The lowest BCUT2D eigenvalue weighted by Crippen LogP contribution is -2.07. The molecule has 0 amide bonds. The van der Waals surface area contributed by atoms with Gasteiger partial charge in [0.25, 0.3) is 0 Å². The standard InChI is InChI=1S/C8H2ClO3Si/c9-5-1-3-4(2-6(5)13)8(11)12-7(3)10/h1-2H. The normalized spacial score (nSPS) is 14.3. The van der Waals surface area contributed by atoms with Gasteiger partial charge in [0.1, 0.15) is 0 Å². The van der Waals surface area contributed by atoms with Gasteiger partial charge in [0, 0.05) is 5.02 Å². The lowest BCUT2D eigenvalue weighted by molar-refractivity contribution is 0.0444. The van der Waals surface area contributed by atoms with Gasteiger partial charge in [0.05, 0.1) is 21.4 Å². The third kappa shape index (κ3) is 1.18. The molecule has 0 aromatic heterocycles. The third-order valence-electron chi connectivity index (χ3n) is 1.73. The first-order valence-corrected chi connectivity index (χ1v) is 4.29. The fourth-order valence-electron chi connectivity index (χ4n) is 1.11. The van der Waals surface area contributed by atoms with E-state index < -0.39 is 11.9 Å². The van der Waals surface area contributed by atoms with Gasteiger partial charge in [-0.25, -0.2) is 9.59 Å². The Kier molecular flexibility index (Phi) is 1.75. The van der Waals surface area contributed by atoms with Crippen molar-refractivity contribution in [3.63, 3.8) is 0 Å². The molecule has 0 bridgehead atoms. The molecule has 1 aromatic rings. The molecule has 13 heavy (non-hydrogen) atoms. The van der Waals surface area contributed by atoms with Crippen LogP contribution in [0.2, 0.25) is 5.02 Å². The SMILES string of the molecule is O=C1OC(=O)c2cc(Cl)c([Si])cc21. The Morgan fingerprint density at radius 2 is 1.69 bits per heavy atom. The third-order valence-corrected chi connectivity index (χ3v) is 2.62. The topological polar surface area (TPSA) is 43.4 Å². The van der Waals surface area contributed by atoms with Gasteiger partial charge < -0.3 is 4.74 Å². The highest BCUT2D eigenvalue weighted by Gasteiger charge is 2.30. The van der Waals surface area contributed by atoms with Crippen molar-refractivity contribution in [1.29, 1.82) is 0 Å². The molecule has 1 heterocycles. The van der Waals surface area contributed by atoms with Gasteiger partial charge in [-0.1, -0.05) is 11.6 Å². The van der Waals surface area contributed by atoms with Crippen LogP contribution in [-0.4, -0.2) is 22.2 Å². The molecule has 3 nitrogen and oxygen atoms in total. The van der Waals surface area contributed by atoms with E-state index in [1.54, 1.807) is 0 Å². The summed E-state index contributed by atoms with van der Waals surface area (Å²) in [5, 5.41) is 0.939. The van der Waals surface area contributed by atoms with Crippen molar-refractivity contribution in [2.75, 3.05) is 0 Å². The molecule has 2 rings (SSSR count). The number of benzene rings is 1. The van der Waals surface area contributed by atoms with E-state index >= 15 is 0 Å². The van der Waals surface area contributed by atoms with Crippen molar-refractivity contribution in [2.45, 2.75) is 0 Å². The molecule has 0 unspecified atom stereocenters. The minimum absolute atomic E-state index is 0.219. The zero-order valence-corrected chi connectivity index (χ0v) is 8.01. The predicted octanol–water partition coefficient (Wildman–Crippen LogP) is 0.444.